The highest BCUT2D eigenvalue weighted by Gasteiger charge is 1.85. The van der Waals surface area contributed by atoms with Gasteiger partial charge in [-0.25, -0.2) is 0 Å². The lowest BCUT2D eigenvalue weighted by Gasteiger charge is -1.97. The Bertz CT molecular complexity index is 208. The molecule has 0 heterocycles. The number of hydrogen-bond acceptors (Lipinski definition) is 1. The first kappa shape index (κ1) is 12.0. The molecule has 0 unspecified atom stereocenters. The van der Waals surface area contributed by atoms with Gasteiger partial charge in [0.1, 0.15) is 5.75 Å². The molecule has 0 saturated heterocycles. The lowest BCUT2D eigenvalue weighted by Crippen LogP contribution is -1.80. The van der Waals surface area contributed by atoms with Crippen molar-refractivity contribution in [1.29, 1.82) is 0 Å². The van der Waals surface area contributed by atoms with E-state index < -0.39 is 0 Å². The van der Waals surface area contributed by atoms with Crippen LogP contribution in [0.3, 0.4) is 0 Å². The fourth-order valence-corrected chi connectivity index (χ4v) is 0.674. The monoisotopic (exact) mass is 179 g/mol. The number of aryl methyl sites for hydroxylation is 1. The van der Waals surface area contributed by atoms with Crippen molar-refractivity contribution in [2.75, 3.05) is 7.11 Å². The average Bonchev–Trinajstić information content (AvgIpc) is 2.05. The van der Waals surface area contributed by atoms with Crippen molar-refractivity contribution in [1.82, 2.24) is 0 Å². The van der Waals surface area contributed by atoms with Gasteiger partial charge in [-0.2, -0.15) is 0 Å². The first-order valence-electron chi connectivity index (χ1n) is 4.43. The fraction of sp³-hybridized carbons (Fsp3) is 0.417. The summed E-state index contributed by atoms with van der Waals surface area (Å²) < 4.78 is 4.97. The Labute approximate surface area is 81.7 Å². The minimum atomic E-state index is 0.917. The van der Waals surface area contributed by atoms with Gasteiger partial charge in [0.25, 0.3) is 0 Å². The van der Waals surface area contributed by atoms with Crippen LogP contribution < -0.4 is 4.74 Å². The van der Waals surface area contributed by atoms with Gasteiger partial charge in [-0.05, 0) is 25.0 Å². The zero-order chi connectivity index (χ0) is 10.3. The maximum Gasteiger partial charge on any atom is 0.118 e. The van der Waals surface area contributed by atoms with Gasteiger partial charge in [0.15, 0.2) is 0 Å². The number of ether oxygens (including phenoxy) is 1. The van der Waals surface area contributed by atoms with E-state index in [-0.39, 0.29) is 0 Å². The number of hydrogen-bond donors (Lipinski definition) is 0. The van der Waals surface area contributed by atoms with Crippen molar-refractivity contribution in [2.45, 2.75) is 27.7 Å². The van der Waals surface area contributed by atoms with Gasteiger partial charge in [0.05, 0.1) is 7.11 Å². The van der Waals surface area contributed by atoms with Crippen molar-refractivity contribution in [3.63, 3.8) is 0 Å². The van der Waals surface area contributed by atoms with Crippen LogP contribution in [0, 0.1) is 12.8 Å². The Morgan fingerprint density at radius 1 is 1.00 bits per heavy atom. The highest BCUT2D eigenvalue weighted by molar-refractivity contribution is 5.25. The normalized spacial score (nSPS) is 9.08. The van der Waals surface area contributed by atoms with E-state index in [2.05, 4.69) is 27.7 Å². The summed E-state index contributed by atoms with van der Waals surface area (Å²) in [6.45, 7) is 8.31. The minimum absolute atomic E-state index is 0.917. The summed E-state index contributed by atoms with van der Waals surface area (Å²) in [7, 11) is 1.67. The van der Waals surface area contributed by atoms with Crippen LogP contribution in [0.4, 0.5) is 0 Å². The molecule has 0 bridgehead atoms. The van der Waals surface area contributed by atoms with Crippen LogP contribution in [0.15, 0.2) is 24.3 Å². The molecule has 0 amide bonds. The van der Waals surface area contributed by atoms with E-state index in [0.717, 1.165) is 5.75 Å². The summed E-state index contributed by atoms with van der Waals surface area (Å²) in [5.74, 6) is 2.33. The van der Waals surface area contributed by atoms with Crippen molar-refractivity contribution in [2.24, 2.45) is 0 Å². The summed E-state index contributed by atoms with van der Waals surface area (Å²) in [6.07, 6.45) is 0. The third-order valence-electron chi connectivity index (χ3n) is 1.26. The summed E-state index contributed by atoms with van der Waals surface area (Å²) in [4.78, 5) is 0. The van der Waals surface area contributed by atoms with E-state index in [0.29, 0.717) is 0 Å². The fourth-order valence-electron chi connectivity index (χ4n) is 0.674. The lowest BCUT2D eigenvalue weighted by molar-refractivity contribution is 0.414. The predicted octanol–water partition coefficient (Wildman–Crippen LogP) is 3.62. The van der Waals surface area contributed by atoms with Crippen molar-refractivity contribution < 1.29 is 4.74 Å². The molecule has 0 atom stereocenters. The smallest absolute Gasteiger partial charge is 0.118 e. The van der Waals surface area contributed by atoms with Crippen LogP contribution >= 0.6 is 0 Å². The zero-order valence-corrected chi connectivity index (χ0v) is 9.22. The molecular formula is C12H19O. The highest BCUT2D eigenvalue weighted by Crippen LogP contribution is 2.09. The molecule has 13 heavy (non-hydrogen) atoms. The van der Waals surface area contributed by atoms with Crippen molar-refractivity contribution in [3.8, 4) is 5.75 Å². The van der Waals surface area contributed by atoms with Gasteiger partial charge in [0, 0.05) is 0 Å². The Morgan fingerprint density at radius 3 is 1.69 bits per heavy atom. The van der Waals surface area contributed by atoms with Crippen LogP contribution in [0.25, 0.3) is 0 Å². The summed E-state index contributed by atoms with van der Waals surface area (Å²) in [5, 5.41) is 0. The quantitative estimate of drug-likeness (QED) is 0.639. The summed E-state index contributed by atoms with van der Waals surface area (Å²) >= 11 is 0. The van der Waals surface area contributed by atoms with E-state index in [1.165, 1.54) is 11.5 Å². The van der Waals surface area contributed by atoms with Gasteiger partial charge in [-0.15, -0.1) is 0 Å². The Morgan fingerprint density at radius 2 is 1.38 bits per heavy atom. The molecule has 0 aromatic heterocycles. The van der Waals surface area contributed by atoms with Gasteiger partial charge in [0.2, 0.25) is 0 Å². The molecule has 1 heteroatoms. The zero-order valence-electron chi connectivity index (χ0n) is 9.22. The van der Waals surface area contributed by atoms with Gasteiger partial charge in [-0.1, -0.05) is 38.5 Å². The molecule has 1 aromatic rings. The SMILES string of the molecule is COc1ccc(C)cc1.C[C](C)C. The second kappa shape index (κ2) is 6.53. The molecule has 0 fully saturated rings. The van der Waals surface area contributed by atoms with E-state index in [1.807, 2.05) is 24.3 Å². The Kier molecular flexibility index (Phi) is 6.03. The molecule has 1 aromatic carbocycles. The highest BCUT2D eigenvalue weighted by atomic mass is 16.5. The predicted molar refractivity (Wildman–Crippen MR) is 58.0 cm³/mol. The number of benzene rings is 1. The molecule has 0 spiro atoms. The first-order valence-corrected chi connectivity index (χ1v) is 4.43. The third-order valence-corrected chi connectivity index (χ3v) is 1.26. The Balaban J connectivity index is 0.000000310. The molecule has 1 nitrogen and oxygen atoms in total. The van der Waals surface area contributed by atoms with Crippen molar-refractivity contribution >= 4 is 0 Å². The van der Waals surface area contributed by atoms with Crippen LogP contribution in [0.5, 0.6) is 5.75 Å². The molecule has 0 aliphatic heterocycles. The standard InChI is InChI=1S/C8H10O.C4H9/c1-7-3-5-8(9-2)6-4-7;1-4(2)3/h3-6H,1-2H3;1-3H3. The lowest BCUT2D eigenvalue weighted by atomic mass is 10.2. The largest absolute Gasteiger partial charge is 0.497 e. The van der Waals surface area contributed by atoms with Crippen molar-refractivity contribution in [3.05, 3.63) is 35.7 Å². The second-order valence-electron chi connectivity index (χ2n) is 3.52. The van der Waals surface area contributed by atoms with E-state index in [4.69, 9.17) is 4.74 Å². The van der Waals surface area contributed by atoms with Gasteiger partial charge in [-0.3, -0.25) is 0 Å². The number of rotatable bonds is 1. The maximum absolute atomic E-state index is 4.97. The molecule has 0 saturated carbocycles. The minimum Gasteiger partial charge on any atom is -0.497 e. The molecule has 0 aliphatic rings. The maximum atomic E-state index is 4.97. The molecule has 1 rings (SSSR count). The Hall–Kier alpha value is -0.980. The van der Waals surface area contributed by atoms with Gasteiger partial charge >= 0.3 is 0 Å². The van der Waals surface area contributed by atoms with Crippen LogP contribution in [-0.2, 0) is 0 Å². The summed E-state index contributed by atoms with van der Waals surface area (Å²) in [6, 6.07) is 7.96. The second-order valence-corrected chi connectivity index (χ2v) is 3.52. The molecule has 0 aliphatic carbocycles. The van der Waals surface area contributed by atoms with Crippen LogP contribution in [-0.4, -0.2) is 7.11 Å². The van der Waals surface area contributed by atoms with E-state index in [9.17, 15) is 0 Å². The van der Waals surface area contributed by atoms with Gasteiger partial charge < -0.3 is 4.74 Å². The first-order chi connectivity index (χ1) is 6.06. The molecular weight excluding hydrogens is 160 g/mol. The van der Waals surface area contributed by atoms with E-state index in [1.54, 1.807) is 7.11 Å². The van der Waals surface area contributed by atoms with E-state index >= 15 is 0 Å². The molecule has 0 N–H and O–H groups in total. The topological polar surface area (TPSA) is 9.23 Å². The third kappa shape index (κ3) is 7.38. The molecule has 73 valence electrons. The van der Waals surface area contributed by atoms with Crippen LogP contribution in [0.2, 0.25) is 0 Å². The molecule has 1 radical (unpaired) electrons. The summed E-state index contributed by atoms with van der Waals surface area (Å²) in [5.41, 5.74) is 1.26. The number of methoxy groups -OCH3 is 1. The van der Waals surface area contributed by atoms with Crippen LogP contribution in [0.1, 0.15) is 26.3 Å². The average molecular weight is 179 g/mol.